The molecule has 4 aromatic rings. The Morgan fingerprint density at radius 1 is 1.11 bits per heavy atom. The van der Waals surface area contributed by atoms with E-state index in [-0.39, 0.29) is 5.91 Å². The summed E-state index contributed by atoms with van der Waals surface area (Å²) in [5.41, 5.74) is 2.61. The average molecular weight is 489 g/mol. The molecule has 4 heterocycles. The number of hydrogen-bond donors (Lipinski definition) is 3. The number of hydrogen-bond acceptors (Lipinski definition) is 8. The number of fused-ring (bicyclic) bond motifs is 1. The number of carbonyl (C=O) groups is 1. The summed E-state index contributed by atoms with van der Waals surface area (Å²) in [6, 6.07) is 10.8. The van der Waals surface area contributed by atoms with Gasteiger partial charge in [0, 0.05) is 42.2 Å². The first-order valence-electron chi connectivity index (χ1n) is 12.1. The first-order valence-corrected chi connectivity index (χ1v) is 12.1. The Kier molecular flexibility index (Phi) is 5.59. The molecule has 1 atom stereocenters. The van der Waals surface area contributed by atoms with Gasteiger partial charge in [-0.3, -0.25) is 9.89 Å². The number of aromatic amines is 1. The van der Waals surface area contributed by atoms with Crippen LogP contribution in [0.5, 0.6) is 11.5 Å². The minimum Gasteiger partial charge on any atom is -0.493 e. The largest absolute Gasteiger partial charge is 0.493 e. The summed E-state index contributed by atoms with van der Waals surface area (Å²) < 4.78 is 12.4. The summed E-state index contributed by atoms with van der Waals surface area (Å²) in [5.74, 6) is 3.47. The number of methoxy groups -OCH3 is 2. The van der Waals surface area contributed by atoms with Crippen molar-refractivity contribution in [1.29, 1.82) is 0 Å². The van der Waals surface area contributed by atoms with Gasteiger partial charge in [-0.2, -0.15) is 10.1 Å². The minimum atomic E-state index is -0.397. The molecule has 1 saturated carbocycles. The quantitative estimate of drug-likeness (QED) is 0.343. The van der Waals surface area contributed by atoms with Crippen LogP contribution in [0.4, 0.5) is 23.3 Å². The molecule has 1 aliphatic heterocycles. The maximum atomic E-state index is 13.3. The molecule has 0 unspecified atom stereocenters. The Labute approximate surface area is 207 Å². The van der Waals surface area contributed by atoms with E-state index in [0.717, 1.165) is 17.6 Å². The predicted molar refractivity (Wildman–Crippen MR) is 135 cm³/mol. The lowest BCUT2D eigenvalue weighted by Gasteiger charge is -2.24. The number of ether oxygens (including phenoxy) is 2. The van der Waals surface area contributed by atoms with Crippen LogP contribution in [-0.4, -0.2) is 57.5 Å². The molecular formula is C25H28N8O3. The molecule has 0 bridgehead atoms. The lowest BCUT2D eigenvalue weighted by Crippen LogP contribution is -2.40. The van der Waals surface area contributed by atoms with E-state index in [0.29, 0.717) is 53.7 Å². The molecule has 11 nitrogen and oxygen atoms in total. The van der Waals surface area contributed by atoms with Crippen molar-refractivity contribution in [3.05, 3.63) is 48.3 Å². The third-order valence-corrected chi connectivity index (χ3v) is 6.70. The van der Waals surface area contributed by atoms with Gasteiger partial charge in [0.1, 0.15) is 11.6 Å². The van der Waals surface area contributed by atoms with E-state index in [1.807, 2.05) is 29.3 Å². The van der Waals surface area contributed by atoms with Crippen LogP contribution in [0.15, 0.2) is 42.6 Å². The SMILES string of the molecule is COc1ccc(NC(=O)[C@@H]2CCCN2c2nc(Nc3cc(C4CC4)[nH]n3)c3cccn3n2)cc1OC. The topological polar surface area (TPSA) is 122 Å². The lowest BCUT2D eigenvalue weighted by molar-refractivity contribution is -0.117. The summed E-state index contributed by atoms with van der Waals surface area (Å²) in [6.45, 7) is 0.685. The van der Waals surface area contributed by atoms with Crippen molar-refractivity contribution < 1.29 is 14.3 Å². The summed E-state index contributed by atoms with van der Waals surface area (Å²) in [6.07, 6.45) is 5.84. The van der Waals surface area contributed by atoms with Gasteiger partial charge in [0.25, 0.3) is 0 Å². The van der Waals surface area contributed by atoms with E-state index in [1.165, 1.54) is 12.8 Å². The van der Waals surface area contributed by atoms with Gasteiger partial charge in [0.15, 0.2) is 23.1 Å². The predicted octanol–water partition coefficient (Wildman–Crippen LogP) is 3.70. The maximum absolute atomic E-state index is 13.3. The molecule has 0 spiro atoms. The lowest BCUT2D eigenvalue weighted by atomic mass is 10.2. The number of amides is 1. The first kappa shape index (κ1) is 22.2. The van der Waals surface area contributed by atoms with Crippen molar-refractivity contribution in [2.45, 2.75) is 37.6 Å². The van der Waals surface area contributed by atoms with Gasteiger partial charge in [0.2, 0.25) is 11.9 Å². The van der Waals surface area contributed by atoms with E-state index in [2.05, 4.69) is 20.8 Å². The van der Waals surface area contributed by atoms with Crippen LogP contribution in [0.25, 0.3) is 5.52 Å². The number of anilines is 4. The van der Waals surface area contributed by atoms with E-state index < -0.39 is 6.04 Å². The molecule has 186 valence electrons. The van der Waals surface area contributed by atoms with E-state index in [1.54, 1.807) is 36.9 Å². The highest BCUT2D eigenvalue weighted by Crippen LogP contribution is 2.40. The second-order valence-electron chi connectivity index (χ2n) is 9.12. The van der Waals surface area contributed by atoms with Crippen LogP contribution in [0, 0.1) is 0 Å². The number of nitrogens with one attached hydrogen (secondary N) is 3. The molecule has 1 saturated heterocycles. The van der Waals surface area contributed by atoms with Crippen LogP contribution in [0.1, 0.15) is 37.3 Å². The molecule has 1 aliphatic carbocycles. The van der Waals surface area contributed by atoms with Gasteiger partial charge in [-0.05, 0) is 49.9 Å². The second-order valence-corrected chi connectivity index (χ2v) is 9.12. The fraction of sp³-hybridized carbons (Fsp3) is 0.360. The number of carbonyl (C=O) groups excluding carboxylic acids is 1. The van der Waals surface area contributed by atoms with Crippen molar-refractivity contribution in [2.24, 2.45) is 0 Å². The van der Waals surface area contributed by atoms with Gasteiger partial charge in [-0.1, -0.05) is 0 Å². The third kappa shape index (κ3) is 4.16. The Morgan fingerprint density at radius 3 is 2.78 bits per heavy atom. The molecule has 11 heteroatoms. The molecule has 6 rings (SSSR count). The highest BCUT2D eigenvalue weighted by atomic mass is 16.5. The molecule has 2 fully saturated rings. The Bertz CT molecular complexity index is 1410. The summed E-state index contributed by atoms with van der Waals surface area (Å²) in [4.78, 5) is 20.1. The summed E-state index contributed by atoms with van der Waals surface area (Å²) in [7, 11) is 3.15. The molecule has 1 amide bonds. The van der Waals surface area contributed by atoms with Gasteiger partial charge in [-0.25, -0.2) is 4.52 Å². The highest BCUT2D eigenvalue weighted by Gasteiger charge is 2.33. The standard InChI is InChI=1S/C25H28N8O3/c1-35-20-10-9-16(13-21(20)36-2)26-24(34)19-6-3-11-32(19)25-28-23(18-5-4-12-33(18)31-25)27-22-14-17(29-30-22)15-7-8-15/h4-5,9-10,12-15,19H,3,6-8,11H2,1-2H3,(H,26,34)(H2,27,28,29,30,31)/t19-/m0/s1. The van der Waals surface area contributed by atoms with E-state index in [4.69, 9.17) is 19.6 Å². The zero-order chi connectivity index (χ0) is 24.6. The molecule has 0 radical (unpaired) electrons. The van der Waals surface area contributed by atoms with Crippen LogP contribution >= 0.6 is 0 Å². The molecule has 36 heavy (non-hydrogen) atoms. The van der Waals surface area contributed by atoms with Crippen molar-refractivity contribution in [2.75, 3.05) is 36.3 Å². The Balaban J connectivity index is 1.25. The molecule has 1 aromatic carbocycles. The monoisotopic (exact) mass is 488 g/mol. The highest BCUT2D eigenvalue weighted by molar-refractivity contribution is 5.97. The van der Waals surface area contributed by atoms with Crippen LogP contribution < -0.4 is 25.0 Å². The van der Waals surface area contributed by atoms with Crippen molar-refractivity contribution >= 4 is 34.7 Å². The van der Waals surface area contributed by atoms with Crippen LogP contribution in [0.3, 0.4) is 0 Å². The first-order chi connectivity index (χ1) is 17.6. The normalized spacial score (nSPS) is 17.4. The second kappa shape index (κ2) is 9.06. The number of H-pyrrole nitrogens is 1. The number of rotatable bonds is 8. The average Bonchev–Trinajstić information content (AvgIpc) is 3.27. The van der Waals surface area contributed by atoms with Gasteiger partial charge in [-0.15, -0.1) is 5.10 Å². The maximum Gasteiger partial charge on any atom is 0.247 e. The molecular weight excluding hydrogens is 460 g/mol. The zero-order valence-corrected chi connectivity index (χ0v) is 20.2. The van der Waals surface area contributed by atoms with Gasteiger partial charge < -0.3 is 25.0 Å². The fourth-order valence-corrected chi connectivity index (χ4v) is 4.68. The van der Waals surface area contributed by atoms with Crippen LogP contribution in [-0.2, 0) is 4.79 Å². The minimum absolute atomic E-state index is 0.119. The van der Waals surface area contributed by atoms with Crippen molar-refractivity contribution in [1.82, 2.24) is 24.8 Å². The Hall–Kier alpha value is -4.28. The fourth-order valence-electron chi connectivity index (χ4n) is 4.68. The number of aromatic nitrogens is 5. The molecule has 3 N–H and O–H groups in total. The summed E-state index contributed by atoms with van der Waals surface area (Å²) >= 11 is 0. The molecule has 2 aliphatic rings. The van der Waals surface area contributed by atoms with E-state index in [9.17, 15) is 4.79 Å². The number of benzene rings is 1. The van der Waals surface area contributed by atoms with Gasteiger partial charge in [0.05, 0.1) is 14.2 Å². The zero-order valence-electron chi connectivity index (χ0n) is 20.2. The van der Waals surface area contributed by atoms with Gasteiger partial charge >= 0.3 is 0 Å². The van der Waals surface area contributed by atoms with Crippen LogP contribution in [0.2, 0.25) is 0 Å². The smallest absolute Gasteiger partial charge is 0.247 e. The molecule has 3 aromatic heterocycles. The third-order valence-electron chi connectivity index (χ3n) is 6.70. The van der Waals surface area contributed by atoms with Crippen molar-refractivity contribution in [3.63, 3.8) is 0 Å². The van der Waals surface area contributed by atoms with Crippen molar-refractivity contribution in [3.8, 4) is 11.5 Å². The Morgan fingerprint density at radius 2 is 1.97 bits per heavy atom. The van der Waals surface area contributed by atoms with E-state index >= 15 is 0 Å². The number of nitrogens with zero attached hydrogens (tertiary/aromatic N) is 5. The summed E-state index contributed by atoms with van der Waals surface area (Å²) in [5, 5.41) is 18.6.